The molecule has 3 aromatic heterocycles. The summed E-state index contributed by atoms with van der Waals surface area (Å²) in [5.41, 5.74) is -6.14. The summed E-state index contributed by atoms with van der Waals surface area (Å²) in [6, 6.07) is -21.9. The van der Waals surface area contributed by atoms with E-state index >= 15 is 0 Å². The zero-order chi connectivity index (χ0) is 75.0. The molecule has 2 nitrogen and oxygen atoms in total. The van der Waals surface area contributed by atoms with Gasteiger partial charge in [-0.25, -0.2) is 4.98 Å². The number of rotatable bonds is 6. The van der Waals surface area contributed by atoms with Gasteiger partial charge in [-0.1, -0.05) is 224 Å². The molecule has 69 heavy (non-hydrogen) atoms. The molecule has 0 unspecified atom stereocenters. The number of nitrogens with zero attached hydrogens (tertiary/aromatic N) is 2. The van der Waals surface area contributed by atoms with E-state index in [1.54, 1.807) is 6.07 Å². The highest BCUT2D eigenvalue weighted by molar-refractivity contribution is 7.20. The second-order valence-corrected chi connectivity index (χ2v) is 16.4. The molecule has 0 aliphatic heterocycles. The summed E-state index contributed by atoms with van der Waals surface area (Å²) in [5, 5.41) is -6.18. The Morgan fingerprint density at radius 3 is 1.39 bits per heavy atom. The first-order valence-electron chi connectivity index (χ1n) is 37.8. The van der Waals surface area contributed by atoms with Crippen molar-refractivity contribution >= 4 is 87.0 Å². The molecule has 11 aromatic carbocycles. The lowest BCUT2D eigenvalue weighted by atomic mass is 9.85. The molecule has 0 spiro atoms. The van der Waals surface area contributed by atoms with Gasteiger partial charge in [-0.3, -0.25) is 4.98 Å². The first-order valence-corrected chi connectivity index (χ1v) is 21.6. The maximum Gasteiger partial charge on any atom is 0.0972 e. The van der Waals surface area contributed by atoms with E-state index in [1.165, 1.54) is 30.3 Å². The molecule has 0 N–H and O–H groups in total. The van der Waals surface area contributed by atoms with Gasteiger partial charge < -0.3 is 0 Å². The van der Waals surface area contributed by atoms with Crippen molar-refractivity contribution in [3.05, 3.63) is 242 Å². The SMILES string of the molecule is [2H]c1nc2c(c([2H])c1[2H])c([2H])c([2H])c1c([2H])c([2H])c(-c3ccc(-c4c([2H])c([2H])c(-c5sc(-c6c([2H])c([2H])c([2H])c7c([2H])c([2H])c([2H])c([2H])c67)c(-c6c([2H])c([2H])c([2H])c7c([2H])c([2H])c([2H])c([2H])c67)c5-c5c([2H])c([2H])c([2H])c6c([2H])c([2H])c([2H])c([2H])c56)c5c([2H])c([2H])c([2H])c([2H])c45)c4ccccc34)nc12. The third-order valence-corrected chi connectivity index (χ3v) is 12.9. The van der Waals surface area contributed by atoms with E-state index in [0.29, 0.717) is 0 Å². The van der Waals surface area contributed by atoms with Gasteiger partial charge in [0.15, 0.2) is 0 Å². The minimum absolute atomic E-state index is 0.0668. The van der Waals surface area contributed by atoms with Gasteiger partial charge in [-0.2, -0.15) is 0 Å². The number of thiophene rings is 1. The van der Waals surface area contributed by atoms with Crippen molar-refractivity contribution in [2.45, 2.75) is 0 Å². The van der Waals surface area contributed by atoms with Gasteiger partial charge in [0, 0.05) is 54.5 Å². The standard InChI is InChI=1S/C66H40N2S/c1-4-22-46-41(15-1)18-11-29-56(46)61-62(57-30-12-19-42-16-2-5-23-47(42)57)66(69-65(61)58-31-13-20-43-17-3-6-24-48(43)58)59-38-36-54(50-26-8-10-28-52(50)59)53-35-37-55(51-27-9-7-25-49(51)53)60-39-34-45-33-32-44-21-14-40-67-63(44)64(45)68-60/h1-40H/i1D,2D,3D,4D,5D,6D,8D,10D,11D,12D,13D,14D,15D,16D,17D,18D,19D,20D,21D,22D,23D,24D,26D,28D,29D,30D,31D,32D,33D,34D,36D,38D,39D,40D. The van der Waals surface area contributed by atoms with Crippen LogP contribution in [0.4, 0.5) is 0 Å². The van der Waals surface area contributed by atoms with Crippen molar-refractivity contribution in [3.8, 4) is 65.5 Å². The summed E-state index contributed by atoms with van der Waals surface area (Å²) in [6.07, 6.45) is -0.689. The van der Waals surface area contributed by atoms with E-state index < -0.39 is 297 Å². The van der Waals surface area contributed by atoms with Gasteiger partial charge in [0.2, 0.25) is 0 Å². The van der Waals surface area contributed by atoms with Crippen LogP contribution in [0.1, 0.15) is 46.6 Å². The molecule has 0 aliphatic carbocycles. The number of aromatic nitrogens is 2. The molecule has 14 rings (SSSR count). The lowest BCUT2D eigenvalue weighted by Crippen LogP contribution is -1.92. The number of hydrogen-bond donors (Lipinski definition) is 0. The third-order valence-electron chi connectivity index (χ3n) is 11.7. The van der Waals surface area contributed by atoms with E-state index in [4.69, 9.17) is 20.1 Å². The molecule has 0 saturated heterocycles. The summed E-state index contributed by atoms with van der Waals surface area (Å²) in [7, 11) is 0. The van der Waals surface area contributed by atoms with Crippen LogP contribution in [0.3, 0.4) is 0 Å². The average molecular weight is 927 g/mol. The van der Waals surface area contributed by atoms with E-state index in [9.17, 15) is 31.5 Å². The Morgan fingerprint density at radius 2 is 0.754 bits per heavy atom. The van der Waals surface area contributed by atoms with E-state index in [2.05, 4.69) is 4.98 Å². The Kier molecular flexibility index (Phi) is 4.25. The highest BCUT2D eigenvalue weighted by Crippen LogP contribution is 2.56. The van der Waals surface area contributed by atoms with Crippen LogP contribution in [0.5, 0.6) is 0 Å². The average Bonchev–Trinajstić information content (AvgIpc) is 1.60. The molecular formula is C66H40N2S. The summed E-state index contributed by atoms with van der Waals surface area (Å²) in [5.74, 6) is 0. The molecule has 0 aliphatic rings. The quantitative estimate of drug-likeness (QED) is 0.155. The second-order valence-electron chi connectivity index (χ2n) is 15.3. The van der Waals surface area contributed by atoms with Crippen molar-refractivity contribution in [1.29, 1.82) is 0 Å². The number of hydrogen-bond acceptors (Lipinski definition) is 3. The summed E-state index contributed by atoms with van der Waals surface area (Å²) in [4.78, 5) is 7.51. The monoisotopic (exact) mass is 927 g/mol. The van der Waals surface area contributed by atoms with Crippen molar-refractivity contribution in [1.82, 2.24) is 9.97 Å². The zero-order valence-electron chi connectivity index (χ0n) is 68.8. The molecule has 0 amide bonds. The molecule has 320 valence electrons. The Balaban J connectivity index is 1.24. The predicted octanol–water partition coefficient (Wildman–Crippen LogP) is 18.6. The lowest BCUT2D eigenvalue weighted by Gasteiger charge is -2.17. The molecule has 0 radical (unpaired) electrons. The fourth-order valence-electron chi connectivity index (χ4n) is 8.72. The minimum Gasteiger partial charge on any atom is -0.254 e. The summed E-state index contributed by atoms with van der Waals surface area (Å²) < 4.78 is 317. The number of benzene rings is 11. The summed E-state index contributed by atoms with van der Waals surface area (Å²) >= 11 is 0.276. The highest BCUT2D eigenvalue weighted by atomic mass is 32.1. The van der Waals surface area contributed by atoms with Crippen molar-refractivity contribution in [2.75, 3.05) is 0 Å². The fraction of sp³-hybridized carbons (Fsp3) is 0. The van der Waals surface area contributed by atoms with Crippen LogP contribution in [0, 0.1) is 0 Å². The normalized spacial score (nSPS) is 18.7. The molecule has 3 heterocycles. The topological polar surface area (TPSA) is 25.8 Å². The lowest BCUT2D eigenvalue weighted by molar-refractivity contribution is 1.37. The van der Waals surface area contributed by atoms with Crippen LogP contribution in [-0.4, -0.2) is 9.97 Å². The molecule has 0 fully saturated rings. The smallest absolute Gasteiger partial charge is 0.0972 e. The zero-order valence-corrected chi connectivity index (χ0v) is 35.6. The van der Waals surface area contributed by atoms with Gasteiger partial charge in [-0.05, 0) is 88.2 Å². The van der Waals surface area contributed by atoms with Crippen LogP contribution in [0.2, 0.25) is 0 Å². The van der Waals surface area contributed by atoms with Gasteiger partial charge in [0.25, 0.3) is 0 Å². The molecule has 0 saturated carbocycles. The molecule has 3 heteroatoms. The number of pyridine rings is 2. The van der Waals surface area contributed by atoms with Crippen LogP contribution in [0.25, 0.3) is 141 Å². The Hall–Kier alpha value is -8.76. The molecular weight excluding hydrogens is 853 g/mol. The Labute approximate surface area is 450 Å². The van der Waals surface area contributed by atoms with Gasteiger partial charge in [0.1, 0.15) is 0 Å². The largest absolute Gasteiger partial charge is 0.254 e. The van der Waals surface area contributed by atoms with Crippen LogP contribution < -0.4 is 0 Å². The first-order chi connectivity index (χ1) is 48.4. The highest BCUT2D eigenvalue weighted by Gasteiger charge is 2.28. The molecule has 14 aromatic rings. The van der Waals surface area contributed by atoms with E-state index in [1.807, 2.05) is 0 Å². The Bertz CT molecular complexity index is 6400. The van der Waals surface area contributed by atoms with Crippen LogP contribution >= 0.6 is 11.3 Å². The Morgan fingerprint density at radius 1 is 0.304 bits per heavy atom. The van der Waals surface area contributed by atoms with Gasteiger partial charge in [-0.15, -0.1) is 11.3 Å². The molecule has 0 bridgehead atoms. The van der Waals surface area contributed by atoms with E-state index in [-0.39, 0.29) is 60.7 Å². The van der Waals surface area contributed by atoms with Crippen LogP contribution in [-0.2, 0) is 0 Å². The van der Waals surface area contributed by atoms with Crippen molar-refractivity contribution in [3.63, 3.8) is 0 Å². The maximum atomic E-state index is 10.5. The fourth-order valence-corrected chi connectivity index (χ4v) is 10.0. The molecule has 0 atom stereocenters. The second kappa shape index (κ2) is 16.0. The van der Waals surface area contributed by atoms with Crippen LogP contribution in [0.15, 0.2) is 242 Å². The van der Waals surface area contributed by atoms with E-state index in [0.717, 1.165) is 0 Å². The number of fused-ring (bicyclic) bond motifs is 8. The summed E-state index contributed by atoms with van der Waals surface area (Å²) in [6.45, 7) is 0. The van der Waals surface area contributed by atoms with Gasteiger partial charge >= 0.3 is 0 Å². The van der Waals surface area contributed by atoms with Crippen molar-refractivity contribution < 1.29 is 46.6 Å². The first kappa shape index (κ1) is 18.4. The third kappa shape index (κ3) is 6.32. The minimum atomic E-state index is -1.12. The van der Waals surface area contributed by atoms with Crippen molar-refractivity contribution in [2.24, 2.45) is 0 Å². The predicted molar refractivity (Wildman–Crippen MR) is 295 cm³/mol. The van der Waals surface area contributed by atoms with Gasteiger partial charge in [0.05, 0.1) is 63.3 Å². The maximum absolute atomic E-state index is 10.5.